The lowest BCUT2D eigenvalue weighted by atomic mass is 9.93. The summed E-state index contributed by atoms with van der Waals surface area (Å²) in [6, 6.07) is 51.2. The maximum atomic E-state index is 15.0. The SMILES string of the molecule is CO[C@@]1(NC(=O)C(C(=O)OC(c2ccccc2)c2ccccc2)c2ccc(OCc3ccccc3)cc2)C(=O)N(C(O)C(=O)OC(c2ccccc2)c2ccccc2)[C@@H]1OCC(=O)CSc1nnnn1C. The number of aliphatic hydroxyl groups excluding tert-OH is 1. The molecule has 0 bridgehead atoms. The van der Waals surface area contributed by atoms with Crippen LogP contribution in [0.1, 0.15) is 51.5 Å². The number of β-lactam (4-membered cyclic amide) rings is 1. The Kier molecular flexibility index (Phi) is 16.0. The molecule has 2 unspecified atom stereocenters. The number of carbonyl (C=O) groups is 5. The van der Waals surface area contributed by atoms with E-state index in [1.165, 1.54) is 16.8 Å². The molecule has 2 amide bonds. The monoisotopic (exact) mass is 976 g/mol. The molecule has 1 aliphatic rings. The molecule has 1 saturated heterocycles. The molecule has 2 N–H and O–H groups in total. The molecule has 17 nitrogen and oxygen atoms in total. The third-order valence-corrected chi connectivity index (χ3v) is 12.5. The normalized spacial score (nSPS) is 16.2. The first-order valence-electron chi connectivity index (χ1n) is 22.3. The van der Waals surface area contributed by atoms with Gasteiger partial charge < -0.3 is 34.1 Å². The van der Waals surface area contributed by atoms with E-state index in [2.05, 4.69) is 20.8 Å². The lowest BCUT2D eigenvalue weighted by Gasteiger charge is -2.54. The highest BCUT2D eigenvalue weighted by molar-refractivity contribution is 7.99. The largest absolute Gasteiger partial charge is 0.489 e. The molecule has 18 heteroatoms. The third kappa shape index (κ3) is 11.5. The Morgan fingerprint density at radius 1 is 0.690 bits per heavy atom. The highest BCUT2D eigenvalue weighted by Gasteiger charge is 2.67. The zero-order chi connectivity index (χ0) is 49.7. The van der Waals surface area contributed by atoms with E-state index < -0.39 is 72.4 Å². The summed E-state index contributed by atoms with van der Waals surface area (Å²) in [6.45, 7) is -0.465. The average Bonchev–Trinajstić information content (AvgIpc) is 3.83. The van der Waals surface area contributed by atoms with Crippen molar-refractivity contribution in [2.75, 3.05) is 19.5 Å². The van der Waals surface area contributed by atoms with Crippen molar-refractivity contribution in [1.82, 2.24) is 30.4 Å². The fourth-order valence-electron chi connectivity index (χ4n) is 7.82. The summed E-state index contributed by atoms with van der Waals surface area (Å²) in [5, 5.41) is 25.8. The number of benzene rings is 6. The summed E-state index contributed by atoms with van der Waals surface area (Å²) < 4.78 is 31.3. The summed E-state index contributed by atoms with van der Waals surface area (Å²) in [7, 11) is 2.68. The summed E-state index contributed by atoms with van der Waals surface area (Å²) in [6.07, 6.45) is -6.19. The number of aryl methyl sites for hydroxylation is 1. The number of rotatable bonds is 22. The minimum Gasteiger partial charge on any atom is -0.489 e. The Labute approximate surface area is 412 Å². The van der Waals surface area contributed by atoms with Crippen LogP contribution in [0.4, 0.5) is 0 Å². The number of Topliss-reactive ketones (excluding diaryl/α,β-unsaturated/α-hetero) is 1. The second kappa shape index (κ2) is 23.1. The van der Waals surface area contributed by atoms with Crippen molar-refractivity contribution in [3.8, 4) is 5.75 Å². The molecule has 71 heavy (non-hydrogen) atoms. The topological polar surface area (TPSA) is 211 Å². The van der Waals surface area contributed by atoms with Crippen molar-refractivity contribution >= 4 is 41.3 Å². The lowest BCUT2D eigenvalue weighted by molar-refractivity contribution is -0.283. The molecule has 6 aromatic carbocycles. The average molecular weight is 977 g/mol. The molecule has 0 saturated carbocycles. The second-order valence-electron chi connectivity index (χ2n) is 16.1. The van der Waals surface area contributed by atoms with Crippen molar-refractivity contribution in [3.05, 3.63) is 209 Å². The fourth-order valence-corrected chi connectivity index (χ4v) is 8.51. The van der Waals surface area contributed by atoms with Gasteiger partial charge in [0.05, 0.1) is 5.75 Å². The molecule has 4 atom stereocenters. The van der Waals surface area contributed by atoms with Crippen LogP contribution >= 0.6 is 11.8 Å². The number of ether oxygens (including phenoxy) is 5. The van der Waals surface area contributed by atoms with Crippen LogP contribution in [0, 0.1) is 0 Å². The van der Waals surface area contributed by atoms with E-state index in [1.54, 1.807) is 128 Å². The van der Waals surface area contributed by atoms with Gasteiger partial charge in [-0.15, -0.1) is 5.10 Å². The van der Waals surface area contributed by atoms with Crippen LogP contribution in [-0.2, 0) is 56.6 Å². The van der Waals surface area contributed by atoms with E-state index in [0.717, 1.165) is 24.4 Å². The number of ketones is 1. The van der Waals surface area contributed by atoms with Crippen LogP contribution in [0.3, 0.4) is 0 Å². The molecule has 2 heterocycles. The number of nitrogens with one attached hydrogen (secondary N) is 1. The Morgan fingerprint density at radius 3 is 1.66 bits per heavy atom. The number of aliphatic hydroxyl groups is 1. The predicted octanol–water partition coefficient (Wildman–Crippen LogP) is 5.86. The molecule has 1 aliphatic heterocycles. The molecule has 1 fully saturated rings. The standard InChI is InChI=1S/C53H48N6O11S/c1-58-52(55-56-57-58)71-34-41(60)33-68-51-53(66-2,50(65)59(51)47(62)49(64)70-45(39-24-14-6-15-25-39)40-26-16-7-17-27-40)54-46(61)43(36-28-30-42(31-29-36)67-32-35-18-8-3-9-19-35)48(63)69-44(37-20-10-4-11-21-37)38-22-12-5-13-23-38/h3-31,43-45,47,51,62H,32-34H2,1-2H3,(H,54,61)/t43?,47?,51-,53+/m1/s1. The number of nitrogens with zero attached hydrogens (tertiary/aromatic N) is 5. The van der Waals surface area contributed by atoms with Crippen molar-refractivity contribution in [2.24, 2.45) is 7.05 Å². The Balaban J connectivity index is 1.10. The number of hydrogen-bond acceptors (Lipinski definition) is 15. The van der Waals surface area contributed by atoms with Gasteiger partial charge in [-0.05, 0) is 55.9 Å². The van der Waals surface area contributed by atoms with E-state index in [-0.39, 0.29) is 17.9 Å². The molecule has 362 valence electrons. The quantitative estimate of drug-likeness (QED) is 0.0268. The highest BCUT2D eigenvalue weighted by Crippen LogP contribution is 2.38. The van der Waals surface area contributed by atoms with Crippen molar-refractivity contribution in [2.45, 2.75) is 48.1 Å². The molecule has 0 radical (unpaired) electrons. The van der Waals surface area contributed by atoms with Gasteiger partial charge in [0.1, 0.15) is 19.0 Å². The fraction of sp³-hybridized carbons (Fsp3) is 0.208. The van der Waals surface area contributed by atoms with Crippen LogP contribution in [0.15, 0.2) is 181 Å². The zero-order valence-electron chi connectivity index (χ0n) is 38.4. The predicted molar refractivity (Wildman–Crippen MR) is 257 cm³/mol. The molecule has 0 spiro atoms. The van der Waals surface area contributed by atoms with E-state index in [9.17, 15) is 29.1 Å². The van der Waals surface area contributed by atoms with Gasteiger partial charge in [-0.3, -0.25) is 24.1 Å². The van der Waals surface area contributed by atoms with Gasteiger partial charge in [-0.1, -0.05) is 176 Å². The molecular weight excluding hydrogens is 929 g/mol. The summed E-state index contributed by atoms with van der Waals surface area (Å²) >= 11 is 1.01. The maximum Gasteiger partial charge on any atom is 0.357 e. The van der Waals surface area contributed by atoms with Gasteiger partial charge in [0.2, 0.25) is 17.3 Å². The van der Waals surface area contributed by atoms with Crippen LogP contribution < -0.4 is 10.1 Å². The number of hydrogen-bond donors (Lipinski definition) is 2. The number of thioether (sulfide) groups is 1. The molecule has 0 aliphatic carbocycles. The molecular formula is C53H48N6O11S. The second-order valence-corrected chi connectivity index (χ2v) is 17.1. The number of likely N-dealkylation sites (tertiary alicyclic amines) is 1. The van der Waals surface area contributed by atoms with Gasteiger partial charge in [0.25, 0.3) is 11.6 Å². The third-order valence-electron chi connectivity index (χ3n) is 11.4. The number of methoxy groups -OCH3 is 1. The smallest absolute Gasteiger partial charge is 0.357 e. The van der Waals surface area contributed by atoms with E-state index >= 15 is 0 Å². The van der Waals surface area contributed by atoms with Crippen LogP contribution in [0.25, 0.3) is 0 Å². The Bertz CT molecular complexity index is 2820. The van der Waals surface area contributed by atoms with E-state index in [4.69, 9.17) is 23.7 Å². The van der Waals surface area contributed by atoms with Crippen molar-refractivity contribution < 1.29 is 52.8 Å². The van der Waals surface area contributed by atoms with E-state index in [0.29, 0.717) is 38.1 Å². The van der Waals surface area contributed by atoms with Crippen molar-refractivity contribution in [1.29, 1.82) is 0 Å². The van der Waals surface area contributed by atoms with Gasteiger partial charge in [-0.25, -0.2) is 9.48 Å². The summed E-state index contributed by atoms with van der Waals surface area (Å²) in [5.41, 5.74) is 0.905. The first kappa shape index (κ1) is 49.4. The van der Waals surface area contributed by atoms with Crippen LogP contribution in [0.2, 0.25) is 0 Å². The molecule has 1 aromatic heterocycles. The Morgan fingerprint density at radius 2 is 1.18 bits per heavy atom. The summed E-state index contributed by atoms with van der Waals surface area (Å²) in [5.74, 6) is -6.56. The van der Waals surface area contributed by atoms with Crippen LogP contribution in [-0.4, -0.2) is 97.4 Å². The van der Waals surface area contributed by atoms with Gasteiger partial charge in [-0.2, -0.15) is 0 Å². The highest BCUT2D eigenvalue weighted by atomic mass is 32.2. The number of aromatic nitrogens is 4. The molecule has 7 aromatic rings. The number of carbonyl (C=O) groups excluding carboxylic acids is 5. The minimum atomic E-state index is -2.52. The van der Waals surface area contributed by atoms with Gasteiger partial charge >= 0.3 is 11.9 Å². The number of esters is 2. The molecule has 8 rings (SSSR count). The van der Waals surface area contributed by atoms with E-state index in [1.807, 2.05) is 42.5 Å². The summed E-state index contributed by atoms with van der Waals surface area (Å²) in [4.78, 5) is 72.3. The maximum absolute atomic E-state index is 15.0. The lowest BCUT2D eigenvalue weighted by Crippen LogP contribution is -2.84. The Hall–Kier alpha value is -8.03. The van der Waals surface area contributed by atoms with Gasteiger partial charge in [0, 0.05) is 14.2 Å². The first-order valence-corrected chi connectivity index (χ1v) is 23.3. The van der Waals surface area contributed by atoms with Crippen molar-refractivity contribution in [3.63, 3.8) is 0 Å². The minimum absolute atomic E-state index is 0.147. The number of amides is 2. The first-order chi connectivity index (χ1) is 34.6. The van der Waals surface area contributed by atoms with Gasteiger partial charge in [0.15, 0.2) is 30.1 Å². The van der Waals surface area contributed by atoms with Crippen LogP contribution in [0.5, 0.6) is 5.75 Å². The number of tetrazole rings is 1. The zero-order valence-corrected chi connectivity index (χ0v) is 39.2.